The Morgan fingerprint density at radius 2 is 1.77 bits per heavy atom. The Morgan fingerprint density at radius 3 is 2.35 bits per heavy atom. The molecule has 1 saturated heterocycles. The fraction of sp³-hybridized carbons (Fsp3) is 0.667. The number of nitrogens with zero attached hydrogens (tertiary/aromatic N) is 2. The van der Waals surface area contributed by atoms with Gasteiger partial charge in [-0.25, -0.2) is 0 Å². The normalized spacial score (nSPS) is 18.1. The molecule has 1 aromatic carbocycles. The van der Waals surface area contributed by atoms with E-state index in [4.69, 9.17) is 0 Å². The van der Waals surface area contributed by atoms with Gasteiger partial charge in [-0.15, -0.1) is 0 Å². The highest BCUT2D eigenvalue weighted by Crippen LogP contribution is 2.17. The van der Waals surface area contributed by atoms with E-state index < -0.39 is 0 Å². The summed E-state index contributed by atoms with van der Waals surface area (Å²) in [6.45, 7) is 8.71. The molecule has 146 valence electrons. The molecule has 0 radical (unpaired) electrons. The lowest BCUT2D eigenvalue weighted by molar-refractivity contribution is 0.212. The lowest BCUT2D eigenvalue weighted by Gasteiger charge is -2.30. The monoisotopic (exact) mass is 360 g/mol. The van der Waals surface area contributed by atoms with Crippen LogP contribution in [0.4, 0.5) is 0 Å². The number of rotatable bonds is 9. The van der Waals surface area contributed by atoms with Crippen molar-refractivity contribution in [2.45, 2.75) is 45.1 Å². The molecule has 1 aromatic rings. The summed E-state index contributed by atoms with van der Waals surface area (Å²) in [7, 11) is 1.80. The smallest absolute Gasteiger partial charge is 0.191 e. The van der Waals surface area contributed by atoms with Crippen LogP contribution in [0.1, 0.15) is 44.6 Å². The van der Waals surface area contributed by atoms with Crippen LogP contribution in [0.25, 0.3) is 0 Å². The van der Waals surface area contributed by atoms with Crippen LogP contribution in [0.2, 0.25) is 0 Å². The number of benzene rings is 1. The van der Waals surface area contributed by atoms with Gasteiger partial charge in [0, 0.05) is 32.1 Å². The summed E-state index contributed by atoms with van der Waals surface area (Å²) in [5, 5.41) is 16.6. The van der Waals surface area contributed by atoms with Crippen molar-refractivity contribution in [3.63, 3.8) is 0 Å². The molecule has 2 rings (SSSR count). The Kier molecular flexibility index (Phi) is 8.92. The van der Waals surface area contributed by atoms with Gasteiger partial charge in [0.05, 0.1) is 6.61 Å². The molecule has 0 bridgehead atoms. The van der Waals surface area contributed by atoms with E-state index >= 15 is 0 Å². The number of hydrogen-bond donors (Lipinski definition) is 3. The maximum Gasteiger partial charge on any atom is 0.191 e. The molecular formula is C21H36N4O. The molecular weight excluding hydrogens is 324 g/mol. The summed E-state index contributed by atoms with van der Waals surface area (Å²) in [6.07, 6.45) is 3.83. The summed E-state index contributed by atoms with van der Waals surface area (Å²) in [4.78, 5) is 6.97. The topological polar surface area (TPSA) is 59.9 Å². The summed E-state index contributed by atoms with van der Waals surface area (Å²) >= 11 is 0. The number of aliphatic hydroxyl groups is 1. The molecule has 2 atom stereocenters. The second kappa shape index (κ2) is 11.2. The standard InChI is InChI=1S/C21H36N4O/c1-17(2)13-20(25-11-7-8-12-25)15-24-21(22-3)23-14-19(16-26)18-9-5-4-6-10-18/h4-6,9-10,17,19-20,26H,7-8,11-16H2,1-3H3,(H2,22,23,24). The van der Waals surface area contributed by atoms with Gasteiger partial charge >= 0.3 is 0 Å². The number of aliphatic imine (C=N–C) groups is 1. The fourth-order valence-electron chi connectivity index (χ4n) is 3.68. The maximum atomic E-state index is 9.72. The second-order valence-electron chi connectivity index (χ2n) is 7.65. The third kappa shape index (κ3) is 6.61. The number of likely N-dealkylation sites (tertiary alicyclic amines) is 1. The van der Waals surface area contributed by atoms with E-state index in [1.807, 2.05) is 18.2 Å². The third-order valence-electron chi connectivity index (χ3n) is 5.14. The summed E-state index contributed by atoms with van der Waals surface area (Å²) in [5.41, 5.74) is 1.15. The second-order valence-corrected chi connectivity index (χ2v) is 7.65. The largest absolute Gasteiger partial charge is 0.396 e. The minimum Gasteiger partial charge on any atom is -0.396 e. The van der Waals surface area contributed by atoms with Crippen LogP contribution >= 0.6 is 0 Å². The lowest BCUT2D eigenvalue weighted by Crippen LogP contribution is -2.47. The van der Waals surface area contributed by atoms with E-state index in [1.165, 1.54) is 32.4 Å². The Labute approximate surface area is 158 Å². The average Bonchev–Trinajstić information content (AvgIpc) is 3.18. The van der Waals surface area contributed by atoms with E-state index in [9.17, 15) is 5.11 Å². The van der Waals surface area contributed by atoms with Crippen molar-refractivity contribution in [3.8, 4) is 0 Å². The van der Waals surface area contributed by atoms with Gasteiger partial charge in [0.25, 0.3) is 0 Å². The molecule has 3 N–H and O–H groups in total. The van der Waals surface area contributed by atoms with Gasteiger partial charge in [-0.05, 0) is 43.8 Å². The quantitative estimate of drug-likeness (QED) is 0.468. The zero-order valence-electron chi connectivity index (χ0n) is 16.6. The first-order chi connectivity index (χ1) is 12.6. The first-order valence-electron chi connectivity index (χ1n) is 9.98. The maximum absolute atomic E-state index is 9.72. The molecule has 26 heavy (non-hydrogen) atoms. The molecule has 0 spiro atoms. The highest BCUT2D eigenvalue weighted by Gasteiger charge is 2.23. The van der Waals surface area contributed by atoms with Crippen molar-refractivity contribution in [1.29, 1.82) is 0 Å². The van der Waals surface area contributed by atoms with Gasteiger partial charge in [-0.1, -0.05) is 44.2 Å². The molecule has 2 unspecified atom stereocenters. The molecule has 1 fully saturated rings. The average molecular weight is 361 g/mol. The van der Waals surface area contributed by atoms with E-state index in [0.717, 1.165) is 18.1 Å². The van der Waals surface area contributed by atoms with Crippen molar-refractivity contribution in [2.24, 2.45) is 10.9 Å². The molecule has 1 aliphatic rings. The number of nitrogens with one attached hydrogen (secondary N) is 2. The van der Waals surface area contributed by atoms with E-state index in [2.05, 4.69) is 46.5 Å². The Bertz CT molecular complexity index is 526. The Hall–Kier alpha value is -1.59. The van der Waals surface area contributed by atoms with Crippen molar-refractivity contribution < 1.29 is 5.11 Å². The first kappa shape index (κ1) is 20.7. The molecule has 0 saturated carbocycles. The van der Waals surface area contributed by atoms with Crippen LogP contribution in [0.3, 0.4) is 0 Å². The fourth-order valence-corrected chi connectivity index (χ4v) is 3.68. The molecule has 1 heterocycles. The molecule has 1 aliphatic heterocycles. The van der Waals surface area contributed by atoms with Crippen molar-refractivity contribution >= 4 is 5.96 Å². The van der Waals surface area contributed by atoms with Crippen LogP contribution in [-0.4, -0.2) is 61.8 Å². The van der Waals surface area contributed by atoms with Gasteiger partial charge in [0.15, 0.2) is 5.96 Å². The Morgan fingerprint density at radius 1 is 1.12 bits per heavy atom. The minimum absolute atomic E-state index is 0.0693. The number of guanidine groups is 1. The third-order valence-corrected chi connectivity index (χ3v) is 5.14. The predicted molar refractivity (Wildman–Crippen MR) is 110 cm³/mol. The number of aliphatic hydroxyl groups excluding tert-OH is 1. The molecule has 0 aromatic heterocycles. The number of hydrogen-bond acceptors (Lipinski definition) is 3. The summed E-state index contributed by atoms with van der Waals surface area (Å²) in [5.74, 6) is 1.57. The van der Waals surface area contributed by atoms with Crippen LogP contribution in [-0.2, 0) is 0 Å². The van der Waals surface area contributed by atoms with Crippen LogP contribution in [0, 0.1) is 5.92 Å². The van der Waals surface area contributed by atoms with Crippen molar-refractivity contribution in [2.75, 3.05) is 39.8 Å². The molecule has 5 nitrogen and oxygen atoms in total. The summed E-state index contributed by atoms with van der Waals surface area (Å²) in [6, 6.07) is 10.7. The minimum atomic E-state index is 0.0693. The van der Waals surface area contributed by atoms with Crippen molar-refractivity contribution in [1.82, 2.24) is 15.5 Å². The highest BCUT2D eigenvalue weighted by molar-refractivity contribution is 5.79. The highest BCUT2D eigenvalue weighted by atomic mass is 16.3. The molecule has 0 aliphatic carbocycles. The predicted octanol–water partition coefficient (Wildman–Crippen LogP) is 2.44. The van der Waals surface area contributed by atoms with Gasteiger partial charge < -0.3 is 15.7 Å². The van der Waals surface area contributed by atoms with Gasteiger partial charge in [0.1, 0.15) is 0 Å². The zero-order chi connectivity index (χ0) is 18.8. The van der Waals surface area contributed by atoms with Gasteiger partial charge in [0.2, 0.25) is 0 Å². The lowest BCUT2D eigenvalue weighted by atomic mass is 10.0. The van der Waals surface area contributed by atoms with E-state index in [0.29, 0.717) is 18.5 Å². The first-order valence-corrected chi connectivity index (χ1v) is 9.98. The van der Waals surface area contributed by atoms with Crippen molar-refractivity contribution in [3.05, 3.63) is 35.9 Å². The van der Waals surface area contributed by atoms with Crippen LogP contribution in [0.15, 0.2) is 35.3 Å². The van der Waals surface area contributed by atoms with E-state index in [1.54, 1.807) is 7.05 Å². The zero-order valence-corrected chi connectivity index (χ0v) is 16.6. The molecule has 0 amide bonds. The van der Waals surface area contributed by atoms with Gasteiger partial charge in [-0.2, -0.15) is 0 Å². The van der Waals surface area contributed by atoms with E-state index in [-0.39, 0.29) is 12.5 Å². The Balaban J connectivity index is 1.85. The summed E-state index contributed by atoms with van der Waals surface area (Å²) < 4.78 is 0. The molecule has 5 heteroatoms. The van der Waals surface area contributed by atoms with Crippen LogP contribution in [0.5, 0.6) is 0 Å². The van der Waals surface area contributed by atoms with Gasteiger partial charge in [-0.3, -0.25) is 9.89 Å². The van der Waals surface area contributed by atoms with Crippen LogP contribution < -0.4 is 10.6 Å². The SMILES string of the molecule is CN=C(NCC(CO)c1ccccc1)NCC(CC(C)C)N1CCCC1.